The van der Waals surface area contributed by atoms with Gasteiger partial charge >= 0.3 is 5.69 Å². The number of rotatable bonds is 5. The van der Waals surface area contributed by atoms with Crippen molar-refractivity contribution in [2.24, 2.45) is 5.10 Å². The molecule has 2 aromatic rings. The van der Waals surface area contributed by atoms with Crippen LogP contribution in [0.4, 0.5) is 0 Å². The van der Waals surface area contributed by atoms with Crippen LogP contribution in [0.3, 0.4) is 0 Å². The molecule has 23 heavy (non-hydrogen) atoms. The predicted octanol–water partition coefficient (Wildman–Crippen LogP) is 1.14. The number of aromatic amines is 2. The molecular formula is C15H13BrN4O3. The van der Waals surface area contributed by atoms with Crippen LogP contribution in [0.5, 0.6) is 0 Å². The van der Waals surface area contributed by atoms with E-state index >= 15 is 0 Å². The zero-order valence-corrected chi connectivity index (χ0v) is 13.5. The fraction of sp³-hybridized carbons (Fsp3) is 0.0667. The fourth-order valence-corrected chi connectivity index (χ4v) is 2.11. The number of H-pyrrole nitrogens is 2. The van der Waals surface area contributed by atoms with E-state index in [9.17, 15) is 14.4 Å². The highest BCUT2D eigenvalue weighted by Gasteiger charge is 2.04. The highest BCUT2D eigenvalue weighted by atomic mass is 79.9. The number of benzene rings is 1. The summed E-state index contributed by atoms with van der Waals surface area (Å²) in [6, 6.07) is 10.7. The van der Waals surface area contributed by atoms with Gasteiger partial charge in [-0.25, -0.2) is 10.2 Å². The number of hydrogen-bond donors (Lipinski definition) is 3. The van der Waals surface area contributed by atoms with E-state index in [0.717, 1.165) is 11.6 Å². The monoisotopic (exact) mass is 376 g/mol. The van der Waals surface area contributed by atoms with Crippen molar-refractivity contribution in [2.45, 2.75) is 6.42 Å². The molecule has 0 aliphatic carbocycles. The van der Waals surface area contributed by atoms with E-state index in [1.54, 1.807) is 0 Å². The fourth-order valence-electron chi connectivity index (χ4n) is 1.74. The molecule has 1 aromatic heterocycles. The van der Waals surface area contributed by atoms with E-state index in [1.165, 1.54) is 6.21 Å². The third-order valence-corrected chi connectivity index (χ3v) is 3.08. The Morgan fingerprint density at radius 2 is 1.96 bits per heavy atom. The molecule has 0 radical (unpaired) electrons. The molecule has 7 nitrogen and oxygen atoms in total. The maximum absolute atomic E-state index is 11.7. The third kappa shape index (κ3) is 5.87. The molecule has 118 valence electrons. The number of aromatic nitrogens is 2. The zero-order valence-electron chi connectivity index (χ0n) is 11.9. The number of hydrazone groups is 1. The van der Waals surface area contributed by atoms with Gasteiger partial charge in [0.15, 0.2) is 0 Å². The number of nitrogens with one attached hydrogen (secondary N) is 3. The van der Waals surface area contributed by atoms with Crippen molar-refractivity contribution < 1.29 is 4.79 Å². The lowest BCUT2D eigenvalue weighted by Crippen LogP contribution is -2.26. The van der Waals surface area contributed by atoms with Crippen LogP contribution in [-0.4, -0.2) is 22.1 Å². The Balaban J connectivity index is 1.92. The van der Waals surface area contributed by atoms with Gasteiger partial charge in [-0.05, 0) is 27.6 Å². The van der Waals surface area contributed by atoms with Crippen molar-refractivity contribution in [3.8, 4) is 0 Å². The zero-order chi connectivity index (χ0) is 16.7. The SMILES string of the molecule is O=C(Cc1cc(=O)[nH]c(=O)[nH]1)N/N=C\C(Br)=C\c1ccccc1. The average Bonchev–Trinajstić information content (AvgIpc) is 2.47. The number of allylic oxidation sites excluding steroid dienone is 1. The minimum atomic E-state index is -0.655. The molecule has 1 aromatic carbocycles. The molecule has 0 atom stereocenters. The second-order valence-corrected chi connectivity index (χ2v) is 5.44. The van der Waals surface area contributed by atoms with Gasteiger partial charge in [0.05, 0.1) is 12.6 Å². The normalized spacial score (nSPS) is 11.6. The Bertz CT molecular complexity index is 825. The largest absolute Gasteiger partial charge is 0.325 e. The Kier molecular flexibility index (Phi) is 5.81. The summed E-state index contributed by atoms with van der Waals surface area (Å²) < 4.78 is 0.675. The summed E-state index contributed by atoms with van der Waals surface area (Å²) in [5.41, 5.74) is 2.29. The first-order valence-electron chi connectivity index (χ1n) is 6.59. The smallest absolute Gasteiger partial charge is 0.311 e. The van der Waals surface area contributed by atoms with Crippen LogP contribution in [0.1, 0.15) is 11.3 Å². The van der Waals surface area contributed by atoms with E-state index in [0.29, 0.717) is 4.48 Å². The standard InChI is InChI=1S/C15H13BrN4O3/c16-11(6-10-4-2-1-3-5-10)9-17-20-14(22)8-12-7-13(21)19-15(23)18-12/h1-7,9H,8H2,(H,20,22)(H2,18,19,21,23)/b11-6-,17-9-. The molecule has 3 N–H and O–H groups in total. The van der Waals surface area contributed by atoms with Gasteiger partial charge in [0.25, 0.3) is 5.56 Å². The summed E-state index contributed by atoms with van der Waals surface area (Å²) in [5.74, 6) is -0.456. The molecule has 0 saturated carbocycles. The first-order chi connectivity index (χ1) is 11.0. The van der Waals surface area contributed by atoms with Crippen molar-refractivity contribution in [1.82, 2.24) is 15.4 Å². The highest BCUT2D eigenvalue weighted by Crippen LogP contribution is 2.09. The van der Waals surface area contributed by atoms with Crippen LogP contribution in [0.25, 0.3) is 6.08 Å². The van der Waals surface area contributed by atoms with E-state index < -0.39 is 17.2 Å². The molecule has 0 unspecified atom stereocenters. The Labute approximate surface area is 139 Å². The summed E-state index contributed by atoms with van der Waals surface area (Å²) >= 11 is 3.32. The molecule has 0 aliphatic heterocycles. The van der Waals surface area contributed by atoms with Crippen LogP contribution in [0.15, 0.2) is 55.6 Å². The molecule has 0 fully saturated rings. The minimum absolute atomic E-state index is 0.156. The van der Waals surface area contributed by atoms with Crippen molar-refractivity contribution in [2.75, 3.05) is 0 Å². The molecule has 0 aliphatic rings. The van der Waals surface area contributed by atoms with Crippen LogP contribution >= 0.6 is 15.9 Å². The number of amides is 1. The van der Waals surface area contributed by atoms with E-state index in [4.69, 9.17) is 0 Å². The quantitative estimate of drug-likeness (QED) is 0.537. The van der Waals surface area contributed by atoms with E-state index in [-0.39, 0.29) is 12.1 Å². The number of halogens is 1. The first kappa shape index (κ1) is 16.6. The molecular weight excluding hydrogens is 364 g/mol. The number of carbonyl (C=O) groups excluding carboxylic acids is 1. The van der Waals surface area contributed by atoms with Gasteiger partial charge < -0.3 is 4.98 Å². The van der Waals surface area contributed by atoms with Gasteiger partial charge in [-0.15, -0.1) is 0 Å². The van der Waals surface area contributed by atoms with Crippen molar-refractivity contribution >= 4 is 34.1 Å². The van der Waals surface area contributed by atoms with E-state index in [1.807, 2.05) is 41.4 Å². The molecule has 2 rings (SSSR count). The van der Waals surface area contributed by atoms with Crippen LogP contribution in [-0.2, 0) is 11.2 Å². The Hall–Kier alpha value is -2.74. The van der Waals surface area contributed by atoms with Gasteiger partial charge in [0.1, 0.15) is 0 Å². The van der Waals surface area contributed by atoms with Gasteiger partial charge in [-0.2, -0.15) is 5.10 Å². The Morgan fingerprint density at radius 3 is 2.65 bits per heavy atom. The summed E-state index contributed by atoms with van der Waals surface area (Å²) in [5, 5.41) is 3.79. The van der Waals surface area contributed by atoms with Gasteiger partial charge in [-0.1, -0.05) is 30.3 Å². The molecule has 0 spiro atoms. The van der Waals surface area contributed by atoms with Crippen LogP contribution in [0.2, 0.25) is 0 Å². The molecule has 1 heterocycles. The maximum atomic E-state index is 11.7. The summed E-state index contributed by atoms with van der Waals surface area (Å²) in [4.78, 5) is 38.3. The maximum Gasteiger partial charge on any atom is 0.325 e. The Morgan fingerprint density at radius 1 is 1.22 bits per heavy atom. The highest BCUT2D eigenvalue weighted by molar-refractivity contribution is 9.12. The summed E-state index contributed by atoms with van der Waals surface area (Å²) in [6.07, 6.45) is 3.12. The van der Waals surface area contributed by atoms with Gasteiger partial charge in [-0.3, -0.25) is 14.6 Å². The van der Waals surface area contributed by atoms with Crippen molar-refractivity contribution in [3.05, 3.63) is 73.0 Å². The van der Waals surface area contributed by atoms with Gasteiger partial charge in [0, 0.05) is 16.2 Å². The van der Waals surface area contributed by atoms with Gasteiger partial charge in [0.2, 0.25) is 5.91 Å². The number of nitrogens with zero attached hydrogens (tertiary/aromatic N) is 1. The molecule has 1 amide bonds. The lowest BCUT2D eigenvalue weighted by molar-refractivity contribution is -0.120. The van der Waals surface area contributed by atoms with Crippen LogP contribution in [0, 0.1) is 0 Å². The number of carbonyl (C=O) groups is 1. The van der Waals surface area contributed by atoms with Crippen LogP contribution < -0.4 is 16.7 Å². The molecule has 0 saturated heterocycles. The third-order valence-electron chi connectivity index (χ3n) is 2.65. The first-order valence-corrected chi connectivity index (χ1v) is 7.39. The predicted molar refractivity (Wildman–Crippen MR) is 91.4 cm³/mol. The topological polar surface area (TPSA) is 107 Å². The minimum Gasteiger partial charge on any atom is -0.311 e. The molecule has 0 bridgehead atoms. The van der Waals surface area contributed by atoms with Crippen molar-refractivity contribution in [3.63, 3.8) is 0 Å². The lowest BCUT2D eigenvalue weighted by atomic mass is 10.2. The average molecular weight is 377 g/mol. The second-order valence-electron chi connectivity index (χ2n) is 4.52. The second kappa shape index (κ2) is 8.04. The lowest BCUT2D eigenvalue weighted by Gasteiger charge is -1.99. The summed E-state index contributed by atoms with van der Waals surface area (Å²) in [7, 11) is 0. The summed E-state index contributed by atoms with van der Waals surface area (Å²) in [6.45, 7) is 0. The van der Waals surface area contributed by atoms with Crippen molar-refractivity contribution in [1.29, 1.82) is 0 Å². The van der Waals surface area contributed by atoms with E-state index in [2.05, 4.69) is 31.4 Å². The number of hydrogen-bond acceptors (Lipinski definition) is 4. The molecule has 8 heteroatoms.